The zero-order valence-corrected chi connectivity index (χ0v) is 20.2. The molecule has 0 radical (unpaired) electrons. The van der Waals surface area contributed by atoms with Gasteiger partial charge in [-0.3, -0.25) is 9.55 Å². The molecule has 0 aliphatic heterocycles. The van der Waals surface area contributed by atoms with Gasteiger partial charge in [0.15, 0.2) is 11.6 Å². The molecule has 2 aromatic carbocycles. The van der Waals surface area contributed by atoms with Crippen molar-refractivity contribution in [1.29, 1.82) is 0 Å². The van der Waals surface area contributed by atoms with Crippen molar-refractivity contribution in [2.75, 3.05) is 14.2 Å². The summed E-state index contributed by atoms with van der Waals surface area (Å²) in [6.07, 6.45) is 3.35. The topological polar surface area (TPSA) is 97.1 Å². The first kappa shape index (κ1) is 22.8. The average molecular weight is 509 g/mol. The molecule has 0 saturated heterocycles. The molecule has 0 aliphatic carbocycles. The molecule has 0 unspecified atom stereocenters. The fraction of sp³-hybridized carbons (Fsp3) is 0.125. The van der Waals surface area contributed by atoms with Crippen LogP contribution in [0.5, 0.6) is 17.5 Å². The van der Waals surface area contributed by atoms with E-state index in [2.05, 4.69) is 25.1 Å². The van der Waals surface area contributed by atoms with Crippen LogP contribution in [0.15, 0.2) is 60.9 Å². The molecule has 0 saturated carbocycles. The van der Waals surface area contributed by atoms with E-state index in [9.17, 15) is 0 Å². The molecule has 3 aromatic heterocycles. The van der Waals surface area contributed by atoms with E-state index in [0.717, 1.165) is 0 Å². The molecule has 0 bridgehead atoms. The number of hydrogen-bond donors (Lipinski definition) is 0. The number of para-hydroxylation sites is 1. The molecule has 5 aromatic rings. The van der Waals surface area contributed by atoms with E-state index in [0.29, 0.717) is 39.7 Å². The summed E-state index contributed by atoms with van der Waals surface area (Å²) in [5.74, 6) is 2.03. The molecule has 9 nitrogen and oxygen atoms in total. The van der Waals surface area contributed by atoms with Crippen molar-refractivity contribution < 1.29 is 14.2 Å². The standard InChI is InChI=1S/C24H18Cl2N6O3/c1-33-23-24(34-2)29-20-17(28-23)11-16(25)19(26)21(20)32-18(13-35-15-8-4-3-5-9-15)30-31-22(32)14-7-6-10-27-12-14/h3-12H,13H2,1-2H3. The quantitative estimate of drug-likeness (QED) is 0.296. The van der Waals surface area contributed by atoms with Crippen molar-refractivity contribution in [3.8, 4) is 34.6 Å². The Morgan fingerprint density at radius 1 is 0.914 bits per heavy atom. The Bertz CT molecular complexity index is 1500. The van der Waals surface area contributed by atoms with Crippen molar-refractivity contribution in [3.63, 3.8) is 0 Å². The first-order valence-corrected chi connectivity index (χ1v) is 11.2. The molecule has 0 amide bonds. The van der Waals surface area contributed by atoms with Gasteiger partial charge in [-0.2, -0.15) is 0 Å². The smallest absolute Gasteiger partial charge is 0.278 e. The number of aromatic nitrogens is 6. The lowest BCUT2D eigenvalue weighted by Gasteiger charge is -2.16. The van der Waals surface area contributed by atoms with Crippen molar-refractivity contribution in [3.05, 3.63) is 76.8 Å². The number of methoxy groups -OCH3 is 2. The van der Waals surface area contributed by atoms with Gasteiger partial charge in [0, 0.05) is 18.0 Å². The van der Waals surface area contributed by atoms with E-state index in [4.69, 9.17) is 37.4 Å². The van der Waals surface area contributed by atoms with Gasteiger partial charge in [0.25, 0.3) is 11.8 Å². The summed E-state index contributed by atoms with van der Waals surface area (Å²) in [6.45, 7) is 0.0995. The van der Waals surface area contributed by atoms with Gasteiger partial charge in [-0.05, 0) is 30.3 Å². The molecular formula is C24H18Cl2N6O3. The normalized spacial score (nSPS) is 11.0. The Balaban J connectivity index is 1.76. The van der Waals surface area contributed by atoms with Gasteiger partial charge in [0.2, 0.25) is 0 Å². The van der Waals surface area contributed by atoms with Crippen LogP contribution in [0.2, 0.25) is 10.0 Å². The minimum atomic E-state index is 0.0995. The maximum atomic E-state index is 6.78. The van der Waals surface area contributed by atoms with Crippen molar-refractivity contribution in [2.24, 2.45) is 0 Å². The van der Waals surface area contributed by atoms with Crippen molar-refractivity contribution >= 4 is 34.2 Å². The summed E-state index contributed by atoms with van der Waals surface area (Å²) >= 11 is 13.3. The third-order valence-corrected chi connectivity index (χ3v) is 5.91. The van der Waals surface area contributed by atoms with Gasteiger partial charge in [0.05, 0.1) is 35.5 Å². The van der Waals surface area contributed by atoms with Gasteiger partial charge >= 0.3 is 0 Å². The SMILES string of the molecule is COc1nc2cc(Cl)c(Cl)c(-n3c(COc4ccccc4)nnc3-c3cccnc3)c2nc1OC. The van der Waals surface area contributed by atoms with Crippen LogP contribution >= 0.6 is 23.2 Å². The maximum Gasteiger partial charge on any atom is 0.278 e. The number of nitrogens with zero attached hydrogens (tertiary/aromatic N) is 6. The summed E-state index contributed by atoms with van der Waals surface area (Å²) in [5, 5.41) is 9.32. The van der Waals surface area contributed by atoms with E-state index in [1.807, 2.05) is 36.4 Å². The highest BCUT2D eigenvalue weighted by Gasteiger charge is 2.25. The lowest BCUT2D eigenvalue weighted by Crippen LogP contribution is -2.10. The molecule has 5 rings (SSSR count). The Hall–Kier alpha value is -3.95. The highest BCUT2D eigenvalue weighted by Crippen LogP contribution is 2.39. The second-order valence-corrected chi connectivity index (χ2v) is 8.03. The van der Waals surface area contributed by atoms with Crippen molar-refractivity contribution in [1.82, 2.24) is 29.7 Å². The number of fused-ring (bicyclic) bond motifs is 1. The fourth-order valence-electron chi connectivity index (χ4n) is 3.55. The second kappa shape index (κ2) is 9.73. The van der Waals surface area contributed by atoms with Crippen LogP contribution in [0.25, 0.3) is 28.1 Å². The molecule has 11 heteroatoms. The molecular weight excluding hydrogens is 491 g/mol. The number of pyridine rings is 1. The number of hydrogen-bond acceptors (Lipinski definition) is 8. The third kappa shape index (κ3) is 4.31. The van der Waals surface area contributed by atoms with Crippen molar-refractivity contribution in [2.45, 2.75) is 6.61 Å². The first-order chi connectivity index (χ1) is 17.1. The number of benzene rings is 2. The maximum absolute atomic E-state index is 6.78. The van der Waals surface area contributed by atoms with Gasteiger partial charge in [-0.1, -0.05) is 41.4 Å². The number of halogens is 2. The zero-order valence-electron chi connectivity index (χ0n) is 18.6. The van der Waals surface area contributed by atoms with Crippen LogP contribution in [0.3, 0.4) is 0 Å². The number of ether oxygens (including phenoxy) is 3. The Morgan fingerprint density at radius 3 is 2.40 bits per heavy atom. The van der Waals surface area contributed by atoms with E-state index >= 15 is 0 Å². The highest BCUT2D eigenvalue weighted by atomic mass is 35.5. The van der Waals surface area contributed by atoms with E-state index < -0.39 is 0 Å². The van der Waals surface area contributed by atoms with Crippen LogP contribution in [0, 0.1) is 0 Å². The molecule has 35 heavy (non-hydrogen) atoms. The molecule has 176 valence electrons. The van der Waals surface area contributed by atoms with Gasteiger partial charge in [-0.15, -0.1) is 10.2 Å². The number of rotatable bonds is 7. The summed E-state index contributed by atoms with van der Waals surface area (Å²) in [4.78, 5) is 13.4. The molecule has 0 aliphatic rings. The fourth-order valence-corrected chi connectivity index (χ4v) is 3.98. The Labute approximate surface area is 210 Å². The molecule has 0 N–H and O–H groups in total. The largest absolute Gasteiger partial charge is 0.486 e. The van der Waals surface area contributed by atoms with Gasteiger partial charge < -0.3 is 14.2 Å². The third-order valence-electron chi connectivity index (χ3n) is 5.14. The lowest BCUT2D eigenvalue weighted by atomic mass is 10.2. The van der Waals surface area contributed by atoms with Gasteiger partial charge in [-0.25, -0.2) is 9.97 Å². The Kier molecular flexibility index (Phi) is 6.35. The van der Waals surface area contributed by atoms with E-state index in [1.165, 1.54) is 14.2 Å². The van der Waals surface area contributed by atoms with Crippen LogP contribution in [-0.2, 0) is 6.61 Å². The first-order valence-electron chi connectivity index (χ1n) is 10.4. The predicted octanol–water partition coefficient (Wildman–Crippen LogP) is 5.18. The van der Waals surface area contributed by atoms with Gasteiger partial charge in [0.1, 0.15) is 17.9 Å². The molecule has 0 atom stereocenters. The minimum Gasteiger partial charge on any atom is -0.486 e. The second-order valence-electron chi connectivity index (χ2n) is 7.25. The molecule has 3 heterocycles. The van der Waals surface area contributed by atoms with Crippen LogP contribution in [-0.4, -0.2) is 43.9 Å². The average Bonchev–Trinajstić information content (AvgIpc) is 3.32. The molecule has 0 fully saturated rings. The van der Waals surface area contributed by atoms with E-state index in [-0.39, 0.29) is 28.4 Å². The zero-order chi connectivity index (χ0) is 24.4. The predicted molar refractivity (Wildman–Crippen MR) is 132 cm³/mol. The van der Waals surface area contributed by atoms with E-state index in [1.54, 1.807) is 29.1 Å². The summed E-state index contributed by atoms with van der Waals surface area (Å²) < 4.78 is 18.4. The summed E-state index contributed by atoms with van der Waals surface area (Å²) in [5.41, 5.74) is 2.01. The Morgan fingerprint density at radius 2 is 1.69 bits per heavy atom. The highest BCUT2D eigenvalue weighted by molar-refractivity contribution is 6.44. The summed E-state index contributed by atoms with van der Waals surface area (Å²) in [7, 11) is 2.96. The monoisotopic (exact) mass is 508 g/mol. The minimum absolute atomic E-state index is 0.0995. The lowest BCUT2D eigenvalue weighted by molar-refractivity contribution is 0.293. The van der Waals surface area contributed by atoms with Crippen LogP contribution < -0.4 is 14.2 Å². The van der Waals surface area contributed by atoms with Crippen LogP contribution in [0.1, 0.15) is 5.82 Å². The van der Waals surface area contributed by atoms with Crippen LogP contribution in [0.4, 0.5) is 0 Å². The molecule has 0 spiro atoms. The summed E-state index contributed by atoms with van der Waals surface area (Å²) in [6, 6.07) is 14.7.